The van der Waals surface area contributed by atoms with Gasteiger partial charge in [0.25, 0.3) is 5.91 Å². The normalized spacial score (nSPS) is 29.5. The largest absolute Gasteiger partial charge is 0.379 e. The van der Waals surface area contributed by atoms with E-state index in [1.54, 1.807) is 0 Å². The second kappa shape index (κ2) is 5.41. The molecule has 0 aromatic rings. The predicted molar refractivity (Wildman–Crippen MR) is 75.9 cm³/mol. The van der Waals surface area contributed by atoms with E-state index in [0.717, 1.165) is 19.5 Å². The van der Waals surface area contributed by atoms with Gasteiger partial charge in [-0.15, -0.1) is 0 Å². The van der Waals surface area contributed by atoms with Gasteiger partial charge in [0, 0.05) is 25.7 Å². The van der Waals surface area contributed by atoms with Crippen molar-refractivity contribution in [1.29, 1.82) is 0 Å². The number of nitrogens with one attached hydrogen (secondary N) is 1. The summed E-state index contributed by atoms with van der Waals surface area (Å²) in [6.45, 7) is 8.29. The molecule has 1 saturated heterocycles. The van der Waals surface area contributed by atoms with Crippen LogP contribution in [0, 0.1) is 5.41 Å². The van der Waals surface area contributed by atoms with Gasteiger partial charge in [-0.05, 0) is 31.1 Å². The third kappa shape index (κ3) is 3.69. The standard InChI is InChI=1S/C15H28N2O2/c1-14(2,3)11-17-9-5-8-15(19,13(17)18)10-16-12-6-4-7-12/h12,16,19H,4-11H2,1-3H3. The average Bonchev–Trinajstić information content (AvgIpc) is 2.21. The van der Waals surface area contributed by atoms with Crippen molar-refractivity contribution in [3.63, 3.8) is 0 Å². The van der Waals surface area contributed by atoms with E-state index in [-0.39, 0.29) is 11.3 Å². The van der Waals surface area contributed by atoms with Crippen molar-refractivity contribution in [2.75, 3.05) is 19.6 Å². The van der Waals surface area contributed by atoms with E-state index in [1.165, 1.54) is 19.3 Å². The minimum Gasteiger partial charge on any atom is -0.379 e. The number of rotatable bonds is 4. The lowest BCUT2D eigenvalue weighted by molar-refractivity contribution is -0.158. The predicted octanol–water partition coefficient (Wildman–Crippen LogP) is 1.53. The molecule has 4 nitrogen and oxygen atoms in total. The molecule has 2 rings (SSSR count). The fraction of sp³-hybridized carbons (Fsp3) is 0.933. The van der Waals surface area contributed by atoms with Gasteiger partial charge in [-0.2, -0.15) is 0 Å². The van der Waals surface area contributed by atoms with Gasteiger partial charge in [-0.3, -0.25) is 4.79 Å². The minimum absolute atomic E-state index is 0.0787. The van der Waals surface area contributed by atoms with Crippen molar-refractivity contribution in [2.24, 2.45) is 5.41 Å². The van der Waals surface area contributed by atoms with Crippen molar-refractivity contribution < 1.29 is 9.90 Å². The zero-order valence-electron chi connectivity index (χ0n) is 12.5. The maximum absolute atomic E-state index is 12.5. The molecular formula is C15H28N2O2. The smallest absolute Gasteiger partial charge is 0.255 e. The Morgan fingerprint density at radius 1 is 1.37 bits per heavy atom. The van der Waals surface area contributed by atoms with Crippen molar-refractivity contribution in [1.82, 2.24) is 10.2 Å². The van der Waals surface area contributed by atoms with Gasteiger partial charge < -0.3 is 15.3 Å². The zero-order chi connectivity index (χ0) is 14.1. The Morgan fingerprint density at radius 3 is 2.58 bits per heavy atom. The number of carbonyl (C=O) groups excluding carboxylic acids is 1. The second-order valence-electron chi connectivity index (χ2n) is 7.43. The SMILES string of the molecule is CC(C)(C)CN1CCCC(O)(CNC2CCC2)C1=O. The van der Waals surface area contributed by atoms with Crippen LogP contribution in [0.4, 0.5) is 0 Å². The lowest BCUT2D eigenvalue weighted by atomic mass is 9.87. The number of likely N-dealkylation sites (tertiary alicyclic amines) is 1. The number of aliphatic hydroxyl groups is 1. The lowest BCUT2D eigenvalue weighted by Gasteiger charge is -2.42. The van der Waals surface area contributed by atoms with Crippen LogP contribution >= 0.6 is 0 Å². The number of piperidine rings is 1. The van der Waals surface area contributed by atoms with Gasteiger partial charge in [0.1, 0.15) is 0 Å². The van der Waals surface area contributed by atoms with E-state index in [0.29, 0.717) is 19.0 Å². The Hall–Kier alpha value is -0.610. The van der Waals surface area contributed by atoms with E-state index in [4.69, 9.17) is 0 Å². The molecule has 2 N–H and O–H groups in total. The van der Waals surface area contributed by atoms with Crippen LogP contribution in [0.1, 0.15) is 52.9 Å². The molecule has 0 spiro atoms. The van der Waals surface area contributed by atoms with Crippen LogP contribution in [-0.4, -0.2) is 47.2 Å². The molecule has 1 unspecified atom stereocenters. The summed E-state index contributed by atoms with van der Waals surface area (Å²) in [5, 5.41) is 14.0. The van der Waals surface area contributed by atoms with Crippen molar-refractivity contribution in [3.8, 4) is 0 Å². The number of amides is 1. The summed E-state index contributed by atoms with van der Waals surface area (Å²) in [5.74, 6) is -0.0829. The van der Waals surface area contributed by atoms with Crippen LogP contribution in [0.3, 0.4) is 0 Å². The van der Waals surface area contributed by atoms with Gasteiger partial charge in [-0.25, -0.2) is 0 Å². The van der Waals surface area contributed by atoms with Crippen LogP contribution in [0.5, 0.6) is 0 Å². The molecule has 110 valence electrons. The summed E-state index contributed by atoms with van der Waals surface area (Å²) in [6, 6.07) is 0.509. The number of nitrogens with zero attached hydrogens (tertiary/aromatic N) is 1. The zero-order valence-corrected chi connectivity index (χ0v) is 12.5. The maximum Gasteiger partial charge on any atom is 0.255 e. The minimum atomic E-state index is -1.18. The summed E-state index contributed by atoms with van der Waals surface area (Å²) in [5.41, 5.74) is -1.10. The molecule has 4 heteroatoms. The highest BCUT2D eigenvalue weighted by molar-refractivity contribution is 5.86. The van der Waals surface area contributed by atoms with E-state index < -0.39 is 5.60 Å². The summed E-state index contributed by atoms with van der Waals surface area (Å²) < 4.78 is 0. The van der Waals surface area contributed by atoms with E-state index in [1.807, 2.05) is 4.90 Å². The first kappa shape index (κ1) is 14.8. The van der Waals surface area contributed by atoms with Crippen LogP contribution in [0.15, 0.2) is 0 Å². The van der Waals surface area contributed by atoms with Crippen molar-refractivity contribution in [2.45, 2.75) is 64.5 Å². The molecule has 2 fully saturated rings. The Morgan fingerprint density at radius 2 is 2.05 bits per heavy atom. The molecule has 0 aromatic heterocycles. The first-order valence-corrected chi connectivity index (χ1v) is 7.55. The van der Waals surface area contributed by atoms with Gasteiger partial charge in [-0.1, -0.05) is 27.2 Å². The third-order valence-corrected chi connectivity index (χ3v) is 4.16. The van der Waals surface area contributed by atoms with E-state index in [2.05, 4.69) is 26.1 Å². The van der Waals surface area contributed by atoms with Crippen LogP contribution in [0.2, 0.25) is 0 Å². The molecule has 1 saturated carbocycles. The summed E-state index contributed by atoms with van der Waals surface area (Å²) >= 11 is 0. The number of hydrogen-bond acceptors (Lipinski definition) is 3. The second-order valence-corrected chi connectivity index (χ2v) is 7.43. The number of carbonyl (C=O) groups is 1. The molecule has 0 radical (unpaired) electrons. The van der Waals surface area contributed by atoms with Crippen LogP contribution < -0.4 is 5.32 Å². The molecule has 2 aliphatic rings. The highest BCUT2D eigenvalue weighted by Crippen LogP contribution is 2.27. The Balaban J connectivity index is 1.93. The molecule has 0 bridgehead atoms. The summed E-state index contributed by atoms with van der Waals surface area (Å²) in [6.07, 6.45) is 5.10. The first-order valence-electron chi connectivity index (χ1n) is 7.55. The summed E-state index contributed by atoms with van der Waals surface area (Å²) in [4.78, 5) is 14.3. The number of hydrogen-bond donors (Lipinski definition) is 2. The van der Waals surface area contributed by atoms with Gasteiger partial charge >= 0.3 is 0 Å². The average molecular weight is 268 g/mol. The Bertz CT molecular complexity index is 334. The Kier molecular flexibility index (Phi) is 4.21. The highest BCUT2D eigenvalue weighted by atomic mass is 16.3. The fourth-order valence-corrected chi connectivity index (χ4v) is 2.88. The van der Waals surface area contributed by atoms with Gasteiger partial charge in [0.05, 0.1) is 0 Å². The summed E-state index contributed by atoms with van der Waals surface area (Å²) in [7, 11) is 0. The van der Waals surface area contributed by atoms with Crippen LogP contribution in [-0.2, 0) is 4.79 Å². The Labute approximate surface area is 116 Å². The monoisotopic (exact) mass is 268 g/mol. The van der Waals surface area contributed by atoms with Crippen LogP contribution in [0.25, 0.3) is 0 Å². The fourth-order valence-electron chi connectivity index (χ4n) is 2.88. The molecular weight excluding hydrogens is 240 g/mol. The molecule has 19 heavy (non-hydrogen) atoms. The van der Waals surface area contributed by atoms with Crippen molar-refractivity contribution >= 4 is 5.91 Å². The molecule has 1 aliphatic heterocycles. The highest BCUT2D eigenvalue weighted by Gasteiger charge is 2.43. The third-order valence-electron chi connectivity index (χ3n) is 4.16. The molecule has 0 aromatic carbocycles. The van der Waals surface area contributed by atoms with E-state index >= 15 is 0 Å². The molecule has 1 atom stereocenters. The lowest BCUT2D eigenvalue weighted by Crippen LogP contribution is -2.60. The maximum atomic E-state index is 12.5. The van der Waals surface area contributed by atoms with Crippen molar-refractivity contribution in [3.05, 3.63) is 0 Å². The van der Waals surface area contributed by atoms with Gasteiger partial charge in [0.2, 0.25) is 0 Å². The molecule has 1 heterocycles. The topological polar surface area (TPSA) is 52.6 Å². The first-order chi connectivity index (χ1) is 8.80. The quantitative estimate of drug-likeness (QED) is 0.813. The van der Waals surface area contributed by atoms with E-state index in [9.17, 15) is 9.90 Å². The van der Waals surface area contributed by atoms with Gasteiger partial charge in [0.15, 0.2) is 5.60 Å². The molecule has 1 amide bonds. The molecule has 1 aliphatic carbocycles.